The minimum atomic E-state index is -1.74. The van der Waals surface area contributed by atoms with E-state index >= 15 is 0 Å². The molecule has 4 nitrogen and oxygen atoms in total. The average molecular weight is 394 g/mol. The fourth-order valence-corrected chi connectivity index (χ4v) is 3.33. The van der Waals surface area contributed by atoms with Gasteiger partial charge in [-0.25, -0.2) is 4.79 Å². The smallest absolute Gasteiger partial charge is 0.342 e. The van der Waals surface area contributed by atoms with Gasteiger partial charge >= 0.3 is 5.97 Å². The molecule has 0 bridgehead atoms. The Kier molecular flexibility index (Phi) is 6.19. The second kappa shape index (κ2) is 8.61. The molecule has 3 aromatic rings. The first-order chi connectivity index (χ1) is 13.4. The van der Waals surface area contributed by atoms with Gasteiger partial charge in [-0.3, -0.25) is 0 Å². The predicted octanol–water partition coefficient (Wildman–Crippen LogP) is 4.04. The largest absolute Gasteiger partial charge is 0.612 e. The average Bonchev–Trinajstić information content (AvgIpc) is 2.73. The van der Waals surface area contributed by atoms with E-state index in [1.54, 1.807) is 18.4 Å². The Morgan fingerprint density at radius 3 is 2.04 bits per heavy atom. The second-order valence-electron chi connectivity index (χ2n) is 6.69. The van der Waals surface area contributed by atoms with E-state index in [1.807, 2.05) is 66.7 Å². The van der Waals surface area contributed by atoms with Gasteiger partial charge in [-0.2, -0.15) is 0 Å². The van der Waals surface area contributed by atoms with Crippen molar-refractivity contribution < 1.29 is 19.2 Å². The van der Waals surface area contributed by atoms with E-state index in [4.69, 9.17) is 4.74 Å². The maximum atomic E-state index is 12.4. The van der Waals surface area contributed by atoms with Gasteiger partial charge in [0, 0.05) is 0 Å². The van der Waals surface area contributed by atoms with E-state index in [1.165, 1.54) is 6.92 Å². The summed E-state index contributed by atoms with van der Waals surface area (Å²) in [7, 11) is 0. The summed E-state index contributed by atoms with van der Waals surface area (Å²) in [6.07, 6.45) is 1.64. The van der Waals surface area contributed by atoms with Crippen molar-refractivity contribution >= 4 is 17.1 Å². The van der Waals surface area contributed by atoms with E-state index < -0.39 is 22.7 Å². The molecule has 0 aliphatic carbocycles. The van der Waals surface area contributed by atoms with Gasteiger partial charge in [0.15, 0.2) is 10.5 Å². The van der Waals surface area contributed by atoms with Crippen LogP contribution in [0.25, 0.3) is 11.1 Å². The normalized spacial score (nSPS) is 14.1. The lowest BCUT2D eigenvalue weighted by atomic mass is 9.94. The van der Waals surface area contributed by atoms with Crippen molar-refractivity contribution in [2.75, 3.05) is 6.26 Å². The molecule has 0 aromatic heterocycles. The van der Waals surface area contributed by atoms with E-state index in [9.17, 15) is 14.5 Å². The SMILES string of the molecule is C[S+]([O-])c1ccc(-c2ccc(C(C)(O)C(=O)OCc3ccccc3)cc2)cc1. The first-order valence-corrected chi connectivity index (χ1v) is 10.4. The monoisotopic (exact) mass is 394 g/mol. The van der Waals surface area contributed by atoms with Crippen LogP contribution < -0.4 is 0 Å². The van der Waals surface area contributed by atoms with Gasteiger partial charge < -0.3 is 14.4 Å². The summed E-state index contributed by atoms with van der Waals surface area (Å²) in [5.74, 6) is -0.695. The zero-order valence-corrected chi connectivity index (χ0v) is 16.6. The Labute approximate surface area is 168 Å². The molecule has 1 N–H and O–H groups in total. The van der Waals surface area contributed by atoms with Crippen molar-refractivity contribution in [3.63, 3.8) is 0 Å². The third kappa shape index (κ3) is 4.62. The molecule has 0 fully saturated rings. The lowest BCUT2D eigenvalue weighted by Gasteiger charge is -2.22. The number of carbonyl (C=O) groups excluding carboxylic acids is 1. The molecule has 144 valence electrons. The van der Waals surface area contributed by atoms with Crippen molar-refractivity contribution in [1.82, 2.24) is 0 Å². The Balaban J connectivity index is 1.71. The van der Waals surface area contributed by atoms with Crippen molar-refractivity contribution in [2.45, 2.75) is 24.0 Å². The van der Waals surface area contributed by atoms with Gasteiger partial charge in [-0.1, -0.05) is 54.6 Å². The van der Waals surface area contributed by atoms with Crippen LogP contribution in [0.4, 0.5) is 0 Å². The van der Waals surface area contributed by atoms with Gasteiger partial charge in [-0.15, -0.1) is 0 Å². The van der Waals surface area contributed by atoms with Crippen LogP contribution in [0, 0.1) is 0 Å². The Morgan fingerprint density at radius 2 is 1.50 bits per heavy atom. The molecule has 0 aliphatic rings. The van der Waals surface area contributed by atoms with Gasteiger partial charge in [0.1, 0.15) is 12.9 Å². The molecule has 3 rings (SSSR count). The molecule has 0 aliphatic heterocycles. The molecule has 0 heterocycles. The van der Waals surface area contributed by atoms with Gasteiger partial charge in [0.05, 0.1) is 0 Å². The maximum absolute atomic E-state index is 12.4. The molecule has 2 unspecified atom stereocenters. The summed E-state index contributed by atoms with van der Waals surface area (Å²) in [4.78, 5) is 13.2. The zero-order valence-electron chi connectivity index (χ0n) is 15.8. The third-order valence-corrected chi connectivity index (χ3v) is 5.51. The summed E-state index contributed by atoms with van der Waals surface area (Å²) in [5, 5.41) is 10.7. The molecular formula is C23H22O4S. The summed E-state index contributed by atoms with van der Waals surface area (Å²) >= 11 is -1.01. The summed E-state index contributed by atoms with van der Waals surface area (Å²) < 4.78 is 16.8. The molecule has 0 saturated carbocycles. The Bertz CT molecular complexity index is 917. The lowest BCUT2D eigenvalue weighted by molar-refractivity contribution is -0.166. The zero-order chi connectivity index (χ0) is 20.1. The molecule has 0 saturated heterocycles. The van der Waals surface area contributed by atoms with Crippen LogP contribution in [0.1, 0.15) is 18.1 Å². The van der Waals surface area contributed by atoms with Crippen molar-refractivity contribution in [2.24, 2.45) is 0 Å². The number of rotatable bonds is 6. The van der Waals surface area contributed by atoms with Crippen LogP contribution in [0.3, 0.4) is 0 Å². The van der Waals surface area contributed by atoms with Gasteiger partial charge in [0.2, 0.25) is 0 Å². The van der Waals surface area contributed by atoms with Gasteiger partial charge in [0.25, 0.3) is 0 Å². The lowest BCUT2D eigenvalue weighted by Crippen LogP contribution is -2.34. The Morgan fingerprint density at radius 1 is 0.964 bits per heavy atom. The quantitative estimate of drug-likeness (QED) is 0.506. The van der Waals surface area contributed by atoms with E-state index in [0.29, 0.717) is 5.56 Å². The minimum absolute atomic E-state index is 0.110. The topological polar surface area (TPSA) is 69.6 Å². The minimum Gasteiger partial charge on any atom is -0.612 e. The van der Waals surface area contributed by atoms with Crippen molar-refractivity contribution in [1.29, 1.82) is 0 Å². The number of hydrogen-bond donors (Lipinski definition) is 1. The number of hydrogen-bond acceptors (Lipinski definition) is 4. The van der Waals surface area contributed by atoms with E-state index in [0.717, 1.165) is 21.6 Å². The molecule has 5 heteroatoms. The van der Waals surface area contributed by atoms with E-state index in [2.05, 4.69) is 0 Å². The van der Waals surface area contributed by atoms with Crippen LogP contribution in [0.15, 0.2) is 83.8 Å². The summed E-state index contributed by atoms with van der Waals surface area (Å²) in [6, 6.07) is 23.9. The van der Waals surface area contributed by atoms with E-state index in [-0.39, 0.29) is 6.61 Å². The number of esters is 1. The fraction of sp³-hybridized carbons (Fsp3) is 0.174. The highest BCUT2D eigenvalue weighted by Crippen LogP contribution is 2.27. The van der Waals surface area contributed by atoms with Crippen LogP contribution in [-0.4, -0.2) is 21.9 Å². The molecule has 0 spiro atoms. The number of carbonyl (C=O) groups is 1. The highest BCUT2D eigenvalue weighted by molar-refractivity contribution is 7.90. The number of ether oxygens (including phenoxy) is 1. The molecule has 0 radical (unpaired) electrons. The fourth-order valence-electron chi connectivity index (χ4n) is 2.81. The number of aliphatic hydroxyl groups is 1. The third-order valence-electron chi connectivity index (χ3n) is 4.58. The van der Waals surface area contributed by atoms with Gasteiger partial charge in [-0.05, 0) is 64.6 Å². The molecule has 28 heavy (non-hydrogen) atoms. The standard InChI is InChI=1S/C23H22O4S/c1-23(25,22(24)27-16-17-6-4-3-5-7-17)20-12-8-18(9-13-20)19-10-14-21(15-11-19)28(2)26/h3-15,25H,16H2,1-2H3. The predicted molar refractivity (Wildman–Crippen MR) is 110 cm³/mol. The molecule has 2 atom stereocenters. The van der Waals surface area contributed by atoms with Crippen molar-refractivity contribution in [3.8, 4) is 11.1 Å². The molecular weight excluding hydrogens is 372 g/mol. The first kappa shape index (κ1) is 20.1. The molecule has 3 aromatic carbocycles. The van der Waals surface area contributed by atoms with Crippen LogP contribution in [0.5, 0.6) is 0 Å². The second-order valence-corrected chi connectivity index (χ2v) is 8.07. The number of benzene rings is 3. The maximum Gasteiger partial charge on any atom is 0.342 e. The van der Waals surface area contributed by atoms with Crippen LogP contribution >= 0.6 is 0 Å². The van der Waals surface area contributed by atoms with Crippen molar-refractivity contribution in [3.05, 3.63) is 90.0 Å². The summed E-state index contributed by atoms with van der Waals surface area (Å²) in [5.41, 5.74) is 1.48. The Hall–Kier alpha value is -2.60. The summed E-state index contributed by atoms with van der Waals surface area (Å²) in [6.45, 7) is 1.54. The highest BCUT2D eigenvalue weighted by Gasteiger charge is 2.34. The highest BCUT2D eigenvalue weighted by atomic mass is 32.2. The first-order valence-electron chi connectivity index (χ1n) is 8.86. The molecule has 0 amide bonds. The van der Waals surface area contributed by atoms with Crippen LogP contribution in [0.2, 0.25) is 0 Å². The van der Waals surface area contributed by atoms with Crippen LogP contribution in [-0.2, 0) is 32.9 Å².